The number of carbonyl (C=O) groups excluding carboxylic acids is 1. The molecule has 8 nitrogen and oxygen atoms in total. The van der Waals surface area contributed by atoms with E-state index < -0.39 is 0 Å². The fourth-order valence-electron chi connectivity index (χ4n) is 4.26. The molecule has 0 unspecified atom stereocenters. The number of likely N-dealkylation sites (N-methyl/N-ethyl adjacent to an activating group) is 1. The summed E-state index contributed by atoms with van der Waals surface area (Å²) < 4.78 is 8.02. The standard InChI is InChI=1S/C20H30N6O2/c1-23-6-3-7-25(9-8-23)15-18-19(17-13-22-24(2)14-17)26(10-11-28-18)20(27)16-4-5-21-12-16/h4-5,12-14,18-19,21H,3,6-11,15H2,1-2H3/t18-,19-/m0/s1. The number of hydrogen-bond donors (Lipinski definition) is 1. The van der Waals surface area contributed by atoms with Crippen molar-refractivity contribution in [1.82, 2.24) is 29.5 Å². The summed E-state index contributed by atoms with van der Waals surface area (Å²) in [6.45, 7) is 6.26. The minimum absolute atomic E-state index is 0.0407. The summed E-state index contributed by atoms with van der Waals surface area (Å²) in [5.41, 5.74) is 1.72. The Labute approximate surface area is 166 Å². The molecule has 1 N–H and O–H groups in total. The molecule has 0 spiro atoms. The molecule has 4 heterocycles. The summed E-state index contributed by atoms with van der Waals surface area (Å²) in [5, 5.41) is 4.35. The second-order valence-electron chi connectivity index (χ2n) is 7.86. The van der Waals surface area contributed by atoms with Gasteiger partial charge in [0.15, 0.2) is 0 Å². The Morgan fingerprint density at radius 2 is 2.14 bits per heavy atom. The van der Waals surface area contributed by atoms with Crippen LogP contribution in [0.4, 0.5) is 0 Å². The third kappa shape index (κ3) is 4.14. The fraction of sp³-hybridized carbons (Fsp3) is 0.600. The van der Waals surface area contributed by atoms with Gasteiger partial charge in [-0.15, -0.1) is 0 Å². The van der Waals surface area contributed by atoms with Crippen LogP contribution in [0.5, 0.6) is 0 Å². The average molecular weight is 387 g/mol. The van der Waals surface area contributed by atoms with E-state index in [1.54, 1.807) is 17.1 Å². The van der Waals surface area contributed by atoms with Crippen LogP contribution in [0.15, 0.2) is 30.9 Å². The number of aromatic nitrogens is 3. The van der Waals surface area contributed by atoms with Crippen LogP contribution in [0.1, 0.15) is 28.4 Å². The van der Waals surface area contributed by atoms with Gasteiger partial charge >= 0.3 is 0 Å². The predicted octanol–water partition coefficient (Wildman–Crippen LogP) is 0.968. The Morgan fingerprint density at radius 3 is 2.89 bits per heavy atom. The van der Waals surface area contributed by atoms with Crippen molar-refractivity contribution in [2.75, 3.05) is 52.9 Å². The molecule has 28 heavy (non-hydrogen) atoms. The van der Waals surface area contributed by atoms with Gasteiger partial charge in [-0.1, -0.05) is 0 Å². The highest BCUT2D eigenvalue weighted by molar-refractivity contribution is 5.94. The molecular formula is C20H30N6O2. The van der Waals surface area contributed by atoms with Gasteiger partial charge in [0.2, 0.25) is 0 Å². The van der Waals surface area contributed by atoms with Crippen molar-refractivity contribution in [3.8, 4) is 0 Å². The van der Waals surface area contributed by atoms with E-state index in [1.165, 1.54) is 0 Å². The highest BCUT2D eigenvalue weighted by Gasteiger charge is 2.38. The van der Waals surface area contributed by atoms with Crippen LogP contribution in [-0.4, -0.2) is 94.4 Å². The fourth-order valence-corrected chi connectivity index (χ4v) is 4.26. The Morgan fingerprint density at radius 1 is 1.25 bits per heavy atom. The van der Waals surface area contributed by atoms with Crippen LogP contribution in [0.3, 0.4) is 0 Å². The second kappa shape index (κ2) is 8.46. The Kier molecular flexibility index (Phi) is 5.79. The van der Waals surface area contributed by atoms with E-state index in [0.717, 1.165) is 44.7 Å². The first kappa shape index (κ1) is 19.2. The molecule has 152 valence electrons. The number of aromatic amines is 1. The second-order valence-corrected chi connectivity index (χ2v) is 7.86. The number of nitrogens with one attached hydrogen (secondary N) is 1. The average Bonchev–Trinajstić information content (AvgIpc) is 3.33. The first-order valence-corrected chi connectivity index (χ1v) is 10.1. The van der Waals surface area contributed by atoms with E-state index in [1.807, 2.05) is 30.4 Å². The zero-order valence-corrected chi connectivity index (χ0v) is 16.8. The van der Waals surface area contributed by atoms with E-state index in [9.17, 15) is 4.79 Å². The van der Waals surface area contributed by atoms with Crippen molar-refractivity contribution in [2.45, 2.75) is 18.6 Å². The number of ether oxygens (including phenoxy) is 1. The molecule has 0 saturated carbocycles. The van der Waals surface area contributed by atoms with Gasteiger partial charge in [-0.25, -0.2) is 0 Å². The molecule has 8 heteroatoms. The van der Waals surface area contributed by atoms with E-state index in [0.29, 0.717) is 18.7 Å². The third-order valence-electron chi connectivity index (χ3n) is 5.77. The van der Waals surface area contributed by atoms with Gasteiger partial charge in [0.25, 0.3) is 5.91 Å². The van der Waals surface area contributed by atoms with Crippen molar-refractivity contribution in [2.24, 2.45) is 7.05 Å². The van der Waals surface area contributed by atoms with Crippen LogP contribution >= 0.6 is 0 Å². The highest BCUT2D eigenvalue weighted by Crippen LogP contribution is 2.31. The smallest absolute Gasteiger partial charge is 0.256 e. The first-order chi connectivity index (χ1) is 13.6. The third-order valence-corrected chi connectivity index (χ3v) is 5.77. The summed E-state index contributed by atoms with van der Waals surface area (Å²) in [7, 11) is 4.08. The Hall–Kier alpha value is -2.16. The van der Waals surface area contributed by atoms with Crippen molar-refractivity contribution in [1.29, 1.82) is 0 Å². The molecule has 2 saturated heterocycles. The SMILES string of the molecule is CN1CCCN(C[C@@H]2OCCN(C(=O)c3cc[nH]c3)[C@H]2c2cnn(C)c2)CC1. The summed E-state index contributed by atoms with van der Waals surface area (Å²) in [6, 6.07) is 1.70. The van der Waals surface area contributed by atoms with Gasteiger partial charge in [-0.2, -0.15) is 5.10 Å². The summed E-state index contributed by atoms with van der Waals surface area (Å²) in [5.74, 6) is 0.0407. The van der Waals surface area contributed by atoms with Crippen molar-refractivity contribution in [3.63, 3.8) is 0 Å². The molecule has 0 bridgehead atoms. The number of amides is 1. The van der Waals surface area contributed by atoms with Crippen LogP contribution in [0, 0.1) is 0 Å². The van der Waals surface area contributed by atoms with E-state index in [2.05, 4.69) is 26.9 Å². The van der Waals surface area contributed by atoms with Crippen LogP contribution < -0.4 is 0 Å². The maximum Gasteiger partial charge on any atom is 0.256 e. The lowest BCUT2D eigenvalue weighted by molar-refractivity contribution is -0.0723. The molecule has 2 aliphatic rings. The predicted molar refractivity (Wildman–Crippen MR) is 106 cm³/mol. The number of morpholine rings is 1. The molecule has 2 fully saturated rings. The number of aryl methyl sites for hydroxylation is 1. The monoisotopic (exact) mass is 386 g/mol. The minimum Gasteiger partial charge on any atom is -0.373 e. The molecule has 0 aromatic carbocycles. The minimum atomic E-state index is -0.133. The van der Waals surface area contributed by atoms with Crippen molar-refractivity contribution in [3.05, 3.63) is 42.0 Å². The van der Waals surface area contributed by atoms with Gasteiger partial charge in [0, 0.05) is 57.4 Å². The normalized spacial score (nSPS) is 25.0. The van der Waals surface area contributed by atoms with Gasteiger partial charge < -0.3 is 19.5 Å². The zero-order valence-electron chi connectivity index (χ0n) is 16.8. The van der Waals surface area contributed by atoms with Crippen LogP contribution in [0.2, 0.25) is 0 Å². The van der Waals surface area contributed by atoms with Gasteiger partial charge in [-0.3, -0.25) is 14.4 Å². The van der Waals surface area contributed by atoms with Gasteiger partial charge in [-0.05, 0) is 32.6 Å². The largest absolute Gasteiger partial charge is 0.373 e. The lowest BCUT2D eigenvalue weighted by Gasteiger charge is -2.42. The Bertz CT molecular complexity index is 774. The van der Waals surface area contributed by atoms with Crippen molar-refractivity contribution >= 4 is 5.91 Å². The van der Waals surface area contributed by atoms with E-state index >= 15 is 0 Å². The highest BCUT2D eigenvalue weighted by atomic mass is 16.5. The van der Waals surface area contributed by atoms with E-state index in [4.69, 9.17) is 4.74 Å². The number of hydrogen-bond acceptors (Lipinski definition) is 5. The lowest BCUT2D eigenvalue weighted by Crippen LogP contribution is -2.52. The molecule has 2 aromatic heterocycles. The zero-order chi connectivity index (χ0) is 19.5. The number of nitrogens with zero attached hydrogens (tertiary/aromatic N) is 5. The lowest BCUT2D eigenvalue weighted by atomic mass is 9.99. The van der Waals surface area contributed by atoms with Gasteiger partial charge in [0.1, 0.15) is 0 Å². The van der Waals surface area contributed by atoms with Crippen LogP contribution in [0.25, 0.3) is 0 Å². The molecule has 2 aliphatic heterocycles. The summed E-state index contributed by atoms with van der Waals surface area (Å²) >= 11 is 0. The topological polar surface area (TPSA) is 69.6 Å². The van der Waals surface area contributed by atoms with E-state index in [-0.39, 0.29) is 18.1 Å². The number of carbonyl (C=O) groups is 1. The number of H-pyrrole nitrogens is 1. The molecule has 0 aliphatic carbocycles. The first-order valence-electron chi connectivity index (χ1n) is 10.1. The Balaban J connectivity index is 1.57. The van der Waals surface area contributed by atoms with Crippen LogP contribution in [-0.2, 0) is 11.8 Å². The molecule has 4 rings (SSSR count). The van der Waals surface area contributed by atoms with Crippen molar-refractivity contribution < 1.29 is 9.53 Å². The number of rotatable bonds is 4. The maximum absolute atomic E-state index is 13.2. The summed E-state index contributed by atoms with van der Waals surface area (Å²) in [6.07, 6.45) is 8.51. The molecular weight excluding hydrogens is 356 g/mol. The van der Waals surface area contributed by atoms with Gasteiger partial charge in [0.05, 0.1) is 30.5 Å². The summed E-state index contributed by atoms with van der Waals surface area (Å²) in [4.78, 5) is 23.0. The molecule has 1 amide bonds. The molecule has 2 atom stereocenters. The maximum atomic E-state index is 13.2. The molecule has 0 radical (unpaired) electrons. The quantitative estimate of drug-likeness (QED) is 0.848. The molecule has 2 aromatic rings.